The van der Waals surface area contributed by atoms with Crippen LogP contribution in [0.1, 0.15) is 29.7 Å². The number of rotatable bonds is 4. The van der Waals surface area contributed by atoms with Crippen molar-refractivity contribution in [3.63, 3.8) is 0 Å². The van der Waals surface area contributed by atoms with E-state index in [4.69, 9.17) is 5.26 Å². The van der Waals surface area contributed by atoms with Crippen LogP contribution in [0.3, 0.4) is 0 Å². The molecule has 1 N–H and O–H groups in total. The van der Waals surface area contributed by atoms with Gasteiger partial charge in [-0.3, -0.25) is 4.90 Å². The van der Waals surface area contributed by atoms with Crippen molar-refractivity contribution in [2.45, 2.75) is 31.6 Å². The summed E-state index contributed by atoms with van der Waals surface area (Å²) in [4.78, 5) is 6.19. The fourth-order valence-corrected chi connectivity index (χ4v) is 3.19. The molecule has 142 valence electrons. The fourth-order valence-electron chi connectivity index (χ4n) is 3.19. The molecule has 0 saturated carbocycles. The summed E-state index contributed by atoms with van der Waals surface area (Å²) < 4.78 is 52.0. The lowest BCUT2D eigenvalue weighted by Crippen LogP contribution is -2.38. The van der Waals surface area contributed by atoms with Crippen LogP contribution >= 0.6 is 0 Å². The maximum atomic E-state index is 13.5. The summed E-state index contributed by atoms with van der Waals surface area (Å²) in [6.45, 7) is 1.62. The third-order valence-corrected chi connectivity index (χ3v) is 4.49. The lowest BCUT2D eigenvalue weighted by Gasteiger charge is -2.32. The van der Waals surface area contributed by atoms with Crippen molar-refractivity contribution in [3.05, 3.63) is 59.0 Å². The Labute approximate surface area is 154 Å². The van der Waals surface area contributed by atoms with Crippen LogP contribution in [0.25, 0.3) is 0 Å². The number of nitriles is 1. The summed E-state index contributed by atoms with van der Waals surface area (Å²) in [5.41, 5.74) is -0.307. The molecule has 4 nitrogen and oxygen atoms in total. The van der Waals surface area contributed by atoms with Crippen molar-refractivity contribution in [3.8, 4) is 6.07 Å². The molecule has 8 heteroatoms. The van der Waals surface area contributed by atoms with Gasteiger partial charge in [0.15, 0.2) is 0 Å². The molecule has 0 amide bonds. The molecule has 0 spiro atoms. The highest BCUT2D eigenvalue weighted by Gasteiger charge is 2.31. The summed E-state index contributed by atoms with van der Waals surface area (Å²) in [6.07, 6.45) is -3.00. The van der Waals surface area contributed by atoms with Gasteiger partial charge in [0.2, 0.25) is 0 Å². The van der Waals surface area contributed by atoms with Crippen molar-refractivity contribution < 1.29 is 17.6 Å². The second-order valence-electron chi connectivity index (χ2n) is 6.56. The first-order valence-electron chi connectivity index (χ1n) is 8.56. The van der Waals surface area contributed by atoms with E-state index in [1.165, 1.54) is 0 Å². The number of hydrogen-bond donors (Lipinski definition) is 1. The molecule has 0 aliphatic carbocycles. The summed E-state index contributed by atoms with van der Waals surface area (Å²) in [7, 11) is 0. The van der Waals surface area contributed by atoms with E-state index in [0.717, 1.165) is 25.0 Å². The number of piperidine rings is 1. The molecule has 27 heavy (non-hydrogen) atoms. The molecule has 1 fully saturated rings. The second kappa shape index (κ2) is 7.92. The zero-order chi connectivity index (χ0) is 19.4. The topological polar surface area (TPSA) is 52.0 Å². The van der Waals surface area contributed by atoms with Crippen molar-refractivity contribution >= 4 is 5.82 Å². The Morgan fingerprint density at radius 3 is 2.59 bits per heavy atom. The summed E-state index contributed by atoms with van der Waals surface area (Å²) in [6, 6.07) is 10.00. The van der Waals surface area contributed by atoms with Gasteiger partial charge in [0.25, 0.3) is 0 Å². The molecule has 3 rings (SSSR count). The Kier molecular flexibility index (Phi) is 5.61. The number of hydrogen-bond acceptors (Lipinski definition) is 4. The highest BCUT2D eigenvalue weighted by molar-refractivity contribution is 5.39. The number of pyridine rings is 1. The Balaban J connectivity index is 1.57. The number of nitrogens with zero attached hydrogens (tertiary/aromatic N) is 3. The zero-order valence-corrected chi connectivity index (χ0v) is 14.4. The Morgan fingerprint density at radius 1 is 1.19 bits per heavy atom. The first kappa shape index (κ1) is 19.1. The van der Waals surface area contributed by atoms with E-state index < -0.39 is 17.6 Å². The zero-order valence-electron chi connectivity index (χ0n) is 14.4. The molecule has 1 aromatic heterocycles. The van der Waals surface area contributed by atoms with Gasteiger partial charge >= 0.3 is 6.18 Å². The van der Waals surface area contributed by atoms with E-state index in [1.54, 1.807) is 18.2 Å². The van der Waals surface area contributed by atoms with Gasteiger partial charge in [0, 0.05) is 25.7 Å². The van der Waals surface area contributed by atoms with Gasteiger partial charge in [0.05, 0.1) is 5.56 Å². The summed E-state index contributed by atoms with van der Waals surface area (Å²) >= 11 is 0. The van der Waals surface area contributed by atoms with Gasteiger partial charge in [-0.2, -0.15) is 18.4 Å². The third-order valence-electron chi connectivity index (χ3n) is 4.49. The normalized spacial score (nSPS) is 16.1. The molecule has 1 aliphatic rings. The lowest BCUT2D eigenvalue weighted by molar-refractivity contribution is -0.137. The van der Waals surface area contributed by atoms with Gasteiger partial charge in [-0.15, -0.1) is 0 Å². The largest absolute Gasteiger partial charge is 0.416 e. The van der Waals surface area contributed by atoms with Crippen LogP contribution in [-0.4, -0.2) is 29.0 Å². The molecule has 1 aliphatic heterocycles. The number of anilines is 1. The molecule has 0 bridgehead atoms. The van der Waals surface area contributed by atoms with Crippen molar-refractivity contribution in [1.82, 2.24) is 9.88 Å². The number of likely N-dealkylation sites (tertiary alicyclic amines) is 1. The Morgan fingerprint density at radius 2 is 1.93 bits per heavy atom. The van der Waals surface area contributed by atoms with E-state index in [0.29, 0.717) is 36.2 Å². The SMILES string of the molecule is N#Cc1cccc(NC2CCN(Cc3cc(F)cc(C(F)(F)F)c3)CC2)n1. The average molecular weight is 378 g/mol. The van der Waals surface area contributed by atoms with Gasteiger partial charge in [0.1, 0.15) is 23.4 Å². The predicted molar refractivity (Wildman–Crippen MR) is 92.3 cm³/mol. The van der Waals surface area contributed by atoms with Gasteiger partial charge in [-0.1, -0.05) is 6.07 Å². The third kappa shape index (κ3) is 5.17. The highest BCUT2D eigenvalue weighted by Crippen LogP contribution is 2.31. The minimum absolute atomic E-state index is 0.168. The van der Waals surface area contributed by atoms with E-state index in [1.807, 2.05) is 11.0 Å². The van der Waals surface area contributed by atoms with E-state index in [2.05, 4.69) is 10.3 Å². The van der Waals surface area contributed by atoms with Crippen LogP contribution in [0.5, 0.6) is 0 Å². The van der Waals surface area contributed by atoms with Crippen LogP contribution in [0.15, 0.2) is 36.4 Å². The maximum absolute atomic E-state index is 13.5. The van der Waals surface area contributed by atoms with Gasteiger partial charge in [-0.25, -0.2) is 9.37 Å². The van der Waals surface area contributed by atoms with Crippen LogP contribution in [-0.2, 0) is 12.7 Å². The van der Waals surface area contributed by atoms with Crippen LogP contribution < -0.4 is 5.32 Å². The van der Waals surface area contributed by atoms with Gasteiger partial charge in [-0.05, 0) is 48.7 Å². The molecular formula is C19H18F4N4. The second-order valence-corrected chi connectivity index (χ2v) is 6.56. The first-order chi connectivity index (χ1) is 12.8. The molecular weight excluding hydrogens is 360 g/mol. The van der Waals surface area contributed by atoms with E-state index in [9.17, 15) is 17.6 Å². The van der Waals surface area contributed by atoms with E-state index >= 15 is 0 Å². The standard InChI is InChI=1S/C19H18F4N4/c20-15-9-13(8-14(10-15)19(21,22)23)12-27-6-4-16(5-7-27)25-18-3-1-2-17(11-24)26-18/h1-3,8-10,16H,4-7,12H2,(H,25,26). The minimum Gasteiger partial charge on any atom is -0.367 e. The van der Waals surface area contributed by atoms with Crippen molar-refractivity contribution in [2.24, 2.45) is 0 Å². The first-order valence-corrected chi connectivity index (χ1v) is 8.56. The molecule has 1 aromatic carbocycles. The number of alkyl halides is 3. The smallest absolute Gasteiger partial charge is 0.367 e. The fraction of sp³-hybridized carbons (Fsp3) is 0.368. The van der Waals surface area contributed by atoms with Crippen LogP contribution in [0.4, 0.5) is 23.4 Å². The predicted octanol–water partition coefficient (Wildman–Crippen LogP) is 4.19. The number of aromatic nitrogens is 1. The van der Waals surface area contributed by atoms with Gasteiger partial charge < -0.3 is 5.32 Å². The molecule has 2 heterocycles. The van der Waals surface area contributed by atoms with Crippen LogP contribution in [0.2, 0.25) is 0 Å². The van der Waals surface area contributed by atoms with Crippen molar-refractivity contribution in [1.29, 1.82) is 5.26 Å². The Bertz CT molecular complexity index is 836. The number of halogens is 4. The number of benzene rings is 1. The van der Waals surface area contributed by atoms with Crippen LogP contribution in [0, 0.1) is 17.1 Å². The highest BCUT2D eigenvalue weighted by atomic mass is 19.4. The van der Waals surface area contributed by atoms with E-state index in [-0.39, 0.29) is 12.6 Å². The molecule has 2 aromatic rings. The molecule has 0 unspecified atom stereocenters. The molecule has 0 atom stereocenters. The van der Waals surface area contributed by atoms with Crippen molar-refractivity contribution in [2.75, 3.05) is 18.4 Å². The summed E-state index contributed by atoms with van der Waals surface area (Å²) in [5.74, 6) is -0.243. The quantitative estimate of drug-likeness (QED) is 0.811. The lowest BCUT2D eigenvalue weighted by atomic mass is 10.0. The average Bonchev–Trinajstić information content (AvgIpc) is 2.62. The Hall–Kier alpha value is -2.66. The monoisotopic (exact) mass is 378 g/mol. The minimum atomic E-state index is -4.56. The number of nitrogens with one attached hydrogen (secondary N) is 1. The summed E-state index contributed by atoms with van der Waals surface area (Å²) in [5, 5.41) is 12.2. The maximum Gasteiger partial charge on any atom is 0.416 e. The molecule has 0 radical (unpaired) electrons. The molecule has 1 saturated heterocycles.